The fourth-order valence-corrected chi connectivity index (χ4v) is 4.77. The average Bonchev–Trinajstić information content (AvgIpc) is 3.42. The van der Waals surface area contributed by atoms with E-state index in [4.69, 9.17) is 0 Å². The van der Waals surface area contributed by atoms with Crippen LogP contribution in [-0.2, 0) is 11.3 Å². The number of aromatic nitrogens is 3. The Hall–Kier alpha value is -2.39. The molecule has 2 aromatic rings. The van der Waals surface area contributed by atoms with Gasteiger partial charge in [0.2, 0.25) is 0 Å². The molecule has 0 spiro atoms. The number of imide groups is 1. The zero-order valence-electron chi connectivity index (χ0n) is 17.5. The lowest BCUT2D eigenvalue weighted by atomic mass is 10.1. The molecule has 9 heteroatoms. The van der Waals surface area contributed by atoms with E-state index in [1.165, 1.54) is 17.7 Å². The molecule has 2 fully saturated rings. The highest BCUT2D eigenvalue weighted by Crippen LogP contribution is 2.25. The van der Waals surface area contributed by atoms with Gasteiger partial charge >= 0.3 is 6.03 Å². The first-order valence-corrected chi connectivity index (χ1v) is 11.4. The number of para-hydroxylation sites is 1. The number of benzene rings is 1. The second kappa shape index (κ2) is 8.77. The molecule has 1 N–H and O–H groups in total. The van der Waals surface area contributed by atoms with Crippen LogP contribution in [0.3, 0.4) is 0 Å². The van der Waals surface area contributed by atoms with Crippen molar-refractivity contribution in [2.75, 3.05) is 25.4 Å². The van der Waals surface area contributed by atoms with Gasteiger partial charge in [-0.2, -0.15) is 0 Å². The van der Waals surface area contributed by atoms with Gasteiger partial charge in [0.15, 0.2) is 11.0 Å². The van der Waals surface area contributed by atoms with Gasteiger partial charge in [0, 0.05) is 18.0 Å². The standard InChI is InChI=1S/C21H28N6O2S/c1-21(2)18(28)26(19(29)22-21)13-8-14-30-20-24-23-17(15-25-11-6-7-12-25)27(20)16-9-4-3-5-10-16/h3-5,9-10H,6-8,11-15H2,1-2H3,(H,22,29). The molecule has 0 atom stereocenters. The topological polar surface area (TPSA) is 83.4 Å². The molecule has 3 heterocycles. The van der Waals surface area contributed by atoms with Crippen molar-refractivity contribution in [1.29, 1.82) is 0 Å². The summed E-state index contributed by atoms with van der Waals surface area (Å²) in [7, 11) is 0. The van der Waals surface area contributed by atoms with Crippen LogP contribution in [0.4, 0.5) is 4.79 Å². The summed E-state index contributed by atoms with van der Waals surface area (Å²) >= 11 is 1.61. The van der Waals surface area contributed by atoms with Gasteiger partial charge in [0.05, 0.1) is 6.54 Å². The first-order valence-electron chi connectivity index (χ1n) is 10.4. The van der Waals surface area contributed by atoms with E-state index in [2.05, 4.69) is 37.1 Å². The van der Waals surface area contributed by atoms with Crippen LogP contribution in [0, 0.1) is 0 Å². The second-order valence-corrected chi connectivity index (χ2v) is 9.33. The maximum absolute atomic E-state index is 12.3. The van der Waals surface area contributed by atoms with Crippen LogP contribution < -0.4 is 5.32 Å². The number of carbonyl (C=O) groups excluding carboxylic acids is 2. The fourth-order valence-electron chi connectivity index (χ4n) is 3.88. The highest BCUT2D eigenvalue weighted by atomic mass is 32.2. The predicted molar refractivity (Wildman–Crippen MR) is 116 cm³/mol. The zero-order chi connectivity index (χ0) is 21.1. The molecule has 0 saturated carbocycles. The van der Waals surface area contributed by atoms with Crippen molar-refractivity contribution in [1.82, 2.24) is 29.9 Å². The molecule has 0 bridgehead atoms. The Balaban J connectivity index is 1.42. The molecule has 0 unspecified atom stereocenters. The summed E-state index contributed by atoms with van der Waals surface area (Å²) in [5, 5.41) is 12.5. The number of carbonyl (C=O) groups is 2. The van der Waals surface area contributed by atoms with Crippen molar-refractivity contribution in [3.05, 3.63) is 36.2 Å². The summed E-state index contributed by atoms with van der Waals surface area (Å²) in [6.07, 6.45) is 3.17. The molecule has 2 aliphatic heterocycles. The van der Waals surface area contributed by atoms with E-state index in [1.54, 1.807) is 25.6 Å². The van der Waals surface area contributed by atoms with Crippen LogP contribution in [-0.4, -0.2) is 67.4 Å². The second-order valence-electron chi connectivity index (χ2n) is 8.27. The van der Waals surface area contributed by atoms with E-state index in [-0.39, 0.29) is 11.9 Å². The van der Waals surface area contributed by atoms with Crippen LogP contribution >= 0.6 is 11.8 Å². The van der Waals surface area contributed by atoms with Gasteiger partial charge in [-0.1, -0.05) is 30.0 Å². The number of urea groups is 1. The minimum atomic E-state index is -0.817. The number of hydrogen-bond donors (Lipinski definition) is 1. The van der Waals surface area contributed by atoms with Crippen molar-refractivity contribution < 1.29 is 9.59 Å². The zero-order valence-corrected chi connectivity index (χ0v) is 18.3. The van der Waals surface area contributed by atoms with E-state index < -0.39 is 5.54 Å². The number of thioether (sulfide) groups is 1. The molecule has 8 nitrogen and oxygen atoms in total. The lowest BCUT2D eigenvalue weighted by Gasteiger charge is -2.16. The van der Waals surface area contributed by atoms with E-state index in [0.717, 1.165) is 42.1 Å². The quantitative estimate of drug-likeness (QED) is 0.395. The third-order valence-electron chi connectivity index (χ3n) is 5.48. The Morgan fingerprint density at radius 3 is 2.50 bits per heavy atom. The SMILES string of the molecule is CC1(C)NC(=O)N(CCCSc2nnc(CN3CCCC3)n2-c2ccccc2)C1=O. The summed E-state index contributed by atoms with van der Waals surface area (Å²) in [4.78, 5) is 28.1. The molecule has 2 aliphatic rings. The molecule has 0 radical (unpaired) electrons. The number of amides is 3. The molecule has 2 saturated heterocycles. The Kier molecular flexibility index (Phi) is 6.10. The summed E-state index contributed by atoms with van der Waals surface area (Å²) < 4.78 is 2.12. The Bertz CT molecular complexity index is 907. The summed E-state index contributed by atoms with van der Waals surface area (Å²) in [5.41, 5.74) is 0.234. The molecule has 3 amide bonds. The Morgan fingerprint density at radius 1 is 1.10 bits per heavy atom. The lowest BCUT2D eigenvalue weighted by Crippen LogP contribution is -2.40. The maximum Gasteiger partial charge on any atom is 0.325 e. The Labute approximate surface area is 181 Å². The highest BCUT2D eigenvalue weighted by molar-refractivity contribution is 7.99. The van der Waals surface area contributed by atoms with E-state index >= 15 is 0 Å². The van der Waals surface area contributed by atoms with Gasteiger partial charge in [0.1, 0.15) is 5.54 Å². The van der Waals surface area contributed by atoms with Gasteiger partial charge < -0.3 is 5.32 Å². The predicted octanol–water partition coefficient (Wildman–Crippen LogP) is 2.68. The van der Waals surface area contributed by atoms with Gasteiger partial charge in [-0.25, -0.2) is 4.79 Å². The third kappa shape index (κ3) is 4.37. The molecular weight excluding hydrogens is 400 g/mol. The number of nitrogens with one attached hydrogen (secondary N) is 1. The number of nitrogens with zero attached hydrogens (tertiary/aromatic N) is 5. The maximum atomic E-state index is 12.3. The highest BCUT2D eigenvalue weighted by Gasteiger charge is 2.43. The molecule has 160 valence electrons. The number of likely N-dealkylation sites (tertiary alicyclic amines) is 1. The van der Waals surface area contributed by atoms with Crippen molar-refractivity contribution in [3.63, 3.8) is 0 Å². The summed E-state index contributed by atoms with van der Waals surface area (Å²) in [6.45, 7) is 6.86. The fraction of sp³-hybridized carbons (Fsp3) is 0.524. The van der Waals surface area contributed by atoms with Crippen LogP contribution in [0.5, 0.6) is 0 Å². The minimum Gasteiger partial charge on any atom is -0.324 e. The monoisotopic (exact) mass is 428 g/mol. The first kappa shape index (κ1) is 20.9. The Morgan fingerprint density at radius 2 is 1.83 bits per heavy atom. The molecule has 4 rings (SSSR count). The summed E-state index contributed by atoms with van der Waals surface area (Å²) in [6, 6.07) is 9.86. The van der Waals surface area contributed by atoms with Crippen molar-refractivity contribution in [2.24, 2.45) is 0 Å². The van der Waals surface area contributed by atoms with Gasteiger partial charge in [-0.3, -0.25) is 19.2 Å². The van der Waals surface area contributed by atoms with Crippen LogP contribution in [0.15, 0.2) is 35.5 Å². The average molecular weight is 429 g/mol. The van der Waals surface area contributed by atoms with E-state index in [1.807, 2.05) is 18.2 Å². The minimum absolute atomic E-state index is 0.169. The lowest BCUT2D eigenvalue weighted by molar-refractivity contribution is -0.130. The number of rotatable bonds is 8. The van der Waals surface area contributed by atoms with Crippen molar-refractivity contribution in [2.45, 2.75) is 50.4 Å². The van der Waals surface area contributed by atoms with Crippen LogP contribution in [0.25, 0.3) is 5.69 Å². The van der Waals surface area contributed by atoms with E-state index in [9.17, 15) is 9.59 Å². The van der Waals surface area contributed by atoms with Crippen LogP contribution in [0.2, 0.25) is 0 Å². The van der Waals surface area contributed by atoms with Crippen LogP contribution in [0.1, 0.15) is 38.9 Å². The van der Waals surface area contributed by atoms with E-state index in [0.29, 0.717) is 13.0 Å². The van der Waals surface area contributed by atoms with Gasteiger partial charge in [-0.05, 0) is 58.3 Å². The molecule has 0 aliphatic carbocycles. The smallest absolute Gasteiger partial charge is 0.324 e. The summed E-state index contributed by atoms with van der Waals surface area (Å²) in [5.74, 6) is 1.52. The van der Waals surface area contributed by atoms with Gasteiger partial charge in [-0.15, -0.1) is 10.2 Å². The largest absolute Gasteiger partial charge is 0.325 e. The molecule has 1 aromatic carbocycles. The van der Waals surface area contributed by atoms with Gasteiger partial charge in [0.25, 0.3) is 5.91 Å². The first-order chi connectivity index (χ1) is 14.5. The normalized spacial score (nSPS) is 18.9. The number of hydrogen-bond acceptors (Lipinski definition) is 6. The van der Waals surface area contributed by atoms with Crippen molar-refractivity contribution in [3.8, 4) is 5.69 Å². The molecular formula is C21H28N6O2S. The molecule has 30 heavy (non-hydrogen) atoms. The third-order valence-corrected chi connectivity index (χ3v) is 6.50. The van der Waals surface area contributed by atoms with Crippen molar-refractivity contribution >= 4 is 23.7 Å². The molecule has 1 aromatic heterocycles.